The summed E-state index contributed by atoms with van der Waals surface area (Å²) in [6.07, 6.45) is 19.4. The molecule has 1 aromatic carbocycles. The van der Waals surface area contributed by atoms with Crippen molar-refractivity contribution in [3.05, 3.63) is 30.3 Å². The van der Waals surface area contributed by atoms with Crippen LogP contribution in [0.2, 0.25) is 92.7 Å². The SMILES string of the molecule is CCCCCCCCCC[C@@H](O[Si](C)(C)C(C)(C)C)[C@H]1CC[C@@H]([C@H]2C[C@@H]([Si](C)(C)c3ccccc3)[C@H]([C@@H](CCCC[C@@H](C#C[Si](C)(C)C)O[Si](C)(C)C(C)(C)C)O[Si](C)(C)C(C)(C)C)O2)O1. The molecule has 1 aromatic rings. The summed E-state index contributed by atoms with van der Waals surface area (Å²) in [7, 11) is -9.76. The minimum absolute atomic E-state index is 0.0193. The van der Waals surface area contributed by atoms with Gasteiger partial charge in [0.1, 0.15) is 14.2 Å². The second kappa shape index (κ2) is 24.9. The van der Waals surface area contributed by atoms with E-state index in [1.165, 1.54) is 56.6 Å². The van der Waals surface area contributed by atoms with Crippen LogP contribution in [0.4, 0.5) is 0 Å². The molecule has 0 amide bonds. The van der Waals surface area contributed by atoms with Gasteiger partial charge in [-0.1, -0.05) is 201 Å². The van der Waals surface area contributed by atoms with E-state index in [0.29, 0.717) is 5.54 Å². The smallest absolute Gasteiger partial charge is 0.193 e. The van der Waals surface area contributed by atoms with E-state index in [-0.39, 0.29) is 57.8 Å². The lowest BCUT2D eigenvalue weighted by molar-refractivity contribution is -0.107. The summed E-state index contributed by atoms with van der Waals surface area (Å²) in [4.78, 5) is 0. The molecule has 5 nitrogen and oxygen atoms in total. The van der Waals surface area contributed by atoms with E-state index in [1.54, 1.807) is 0 Å². The van der Waals surface area contributed by atoms with Crippen molar-refractivity contribution in [3.63, 3.8) is 0 Å². The Balaban J connectivity index is 1.94. The van der Waals surface area contributed by atoms with Crippen LogP contribution < -0.4 is 5.19 Å². The summed E-state index contributed by atoms with van der Waals surface area (Å²) in [6, 6.07) is 11.4. The first-order chi connectivity index (χ1) is 30.2. The molecule has 0 unspecified atom stereocenters. The highest BCUT2D eigenvalue weighted by Crippen LogP contribution is 2.49. The molecule has 0 aliphatic carbocycles. The molecule has 66 heavy (non-hydrogen) atoms. The lowest BCUT2D eigenvalue weighted by Gasteiger charge is -2.43. The van der Waals surface area contributed by atoms with Crippen molar-refractivity contribution in [2.75, 3.05) is 0 Å². The minimum Gasteiger partial charge on any atom is -0.411 e. The summed E-state index contributed by atoms with van der Waals surface area (Å²) in [5.41, 5.74) is 4.10. The van der Waals surface area contributed by atoms with Gasteiger partial charge < -0.3 is 22.8 Å². The van der Waals surface area contributed by atoms with Crippen LogP contribution in [0.15, 0.2) is 30.3 Å². The van der Waals surface area contributed by atoms with Crippen molar-refractivity contribution >= 4 is 46.3 Å². The predicted molar refractivity (Wildman–Crippen MR) is 302 cm³/mol. The fraction of sp³-hybridized carbons (Fsp3) is 0.857. The molecule has 0 bridgehead atoms. The molecule has 0 radical (unpaired) electrons. The standard InChI is InChI=1S/C56H108O5Si5/c1-22-23-24-25-26-27-28-32-38-49(60-65(18,19)55(5,6)7)47-40-41-48(57-47)51-44-52(63(14,15)46-36-30-29-31-37-46)53(58-51)50(61-66(20,21)56(8,9)10)39-34-33-35-45(42-43-62(11,12)13)59-64(16,17)54(2,3)4/h29-31,36-37,45,47-53H,22-28,32-35,38-41,44H2,1-21H3/t45-,47+,48-,49+,50+,51+,52+,53-/m0/s1. The Labute approximate surface area is 416 Å². The molecule has 0 aromatic heterocycles. The molecule has 2 saturated heterocycles. The highest BCUT2D eigenvalue weighted by Gasteiger charge is 2.54. The summed E-state index contributed by atoms with van der Waals surface area (Å²) in [5.74, 6) is 3.69. The monoisotopic (exact) mass is 1000 g/mol. The van der Waals surface area contributed by atoms with E-state index in [2.05, 4.69) is 183 Å². The Bertz CT molecular complexity index is 1620. The van der Waals surface area contributed by atoms with Crippen molar-refractivity contribution in [2.45, 2.75) is 307 Å². The summed E-state index contributed by atoms with van der Waals surface area (Å²) >= 11 is 0. The lowest BCUT2D eigenvalue weighted by Crippen LogP contribution is -2.53. The summed E-state index contributed by atoms with van der Waals surface area (Å²) in [6.45, 7) is 50.3. The molecule has 0 spiro atoms. The van der Waals surface area contributed by atoms with Crippen molar-refractivity contribution < 1.29 is 22.8 Å². The van der Waals surface area contributed by atoms with Crippen LogP contribution in [0.1, 0.15) is 172 Å². The maximum absolute atomic E-state index is 7.65. The van der Waals surface area contributed by atoms with E-state index in [4.69, 9.17) is 22.8 Å². The summed E-state index contributed by atoms with van der Waals surface area (Å²) in [5, 5.41) is 1.91. The minimum atomic E-state index is -2.16. The molecule has 2 fully saturated rings. The molecular weight excluding hydrogens is 893 g/mol. The normalized spacial score (nSPS) is 23.1. The zero-order valence-electron chi connectivity index (χ0n) is 47.4. The molecule has 382 valence electrons. The van der Waals surface area contributed by atoms with Gasteiger partial charge in [-0.25, -0.2) is 0 Å². The maximum Gasteiger partial charge on any atom is 0.193 e. The first-order valence-electron chi connectivity index (χ1n) is 27.1. The fourth-order valence-corrected chi connectivity index (χ4v) is 17.2. The number of unbranched alkanes of at least 4 members (excludes halogenated alkanes) is 8. The third-order valence-electron chi connectivity index (χ3n) is 16.8. The molecular formula is C56H108O5Si5. The van der Waals surface area contributed by atoms with Gasteiger partial charge in [0.05, 0.1) is 44.7 Å². The number of benzene rings is 1. The first kappa shape index (κ1) is 60.0. The van der Waals surface area contributed by atoms with Crippen molar-refractivity contribution in [1.82, 2.24) is 0 Å². The molecule has 2 heterocycles. The second-order valence-electron chi connectivity index (χ2n) is 27.1. The number of hydrogen-bond acceptors (Lipinski definition) is 5. The zero-order valence-corrected chi connectivity index (χ0v) is 52.4. The van der Waals surface area contributed by atoms with E-state index < -0.39 is 41.1 Å². The average molecular weight is 1000 g/mol. The quantitative estimate of drug-likeness (QED) is 0.0555. The van der Waals surface area contributed by atoms with Crippen LogP contribution in [0.25, 0.3) is 0 Å². The van der Waals surface area contributed by atoms with Crippen LogP contribution in [0.3, 0.4) is 0 Å². The lowest BCUT2D eigenvalue weighted by atomic mass is 10.00. The van der Waals surface area contributed by atoms with Crippen molar-refractivity contribution in [1.29, 1.82) is 0 Å². The Morgan fingerprint density at radius 1 is 0.561 bits per heavy atom. The van der Waals surface area contributed by atoms with Gasteiger partial charge in [-0.3, -0.25) is 0 Å². The highest BCUT2D eigenvalue weighted by atomic mass is 28.4. The van der Waals surface area contributed by atoms with Crippen molar-refractivity contribution in [2.24, 2.45) is 0 Å². The van der Waals surface area contributed by atoms with Gasteiger partial charge in [-0.2, -0.15) is 0 Å². The Hall–Kier alpha value is -0.336. The molecule has 2 aliphatic rings. The van der Waals surface area contributed by atoms with Crippen LogP contribution >= 0.6 is 0 Å². The topological polar surface area (TPSA) is 46.2 Å². The Morgan fingerprint density at radius 3 is 1.56 bits per heavy atom. The van der Waals surface area contributed by atoms with Gasteiger partial charge in [0.2, 0.25) is 0 Å². The van der Waals surface area contributed by atoms with E-state index in [9.17, 15) is 0 Å². The van der Waals surface area contributed by atoms with Crippen LogP contribution in [-0.4, -0.2) is 83.8 Å². The largest absolute Gasteiger partial charge is 0.411 e. The zero-order chi connectivity index (χ0) is 50.0. The number of ether oxygens (including phenoxy) is 2. The highest BCUT2D eigenvalue weighted by molar-refractivity contribution is 6.91. The average Bonchev–Trinajstić information content (AvgIpc) is 3.86. The molecule has 3 rings (SSSR count). The van der Waals surface area contributed by atoms with E-state index >= 15 is 0 Å². The number of rotatable bonds is 25. The molecule has 10 heteroatoms. The first-order valence-corrected chi connectivity index (χ1v) is 42.5. The van der Waals surface area contributed by atoms with Gasteiger partial charge in [-0.15, -0.1) is 5.54 Å². The molecule has 0 saturated carbocycles. The Morgan fingerprint density at radius 2 is 1.03 bits per heavy atom. The van der Waals surface area contributed by atoms with Gasteiger partial charge >= 0.3 is 0 Å². The predicted octanol–water partition coefficient (Wildman–Crippen LogP) is 16.8. The number of hydrogen-bond donors (Lipinski definition) is 0. The van der Waals surface area contributed by atoms with Crippen molar-refractivity contribution in [3.8, 4) is 11.5 Å². The van der Waals surface area contributed by atoms with Gasteiger partial charge in [0.25, 0.3) is 0 Å². The third-order valence-corrected chi connectivity index (χ3v) is 35.5. The van der Waals surface area contributed by atoms with Crippen LogP contribution in [-0.2, 0) is 22.8 Å². The van der Waals surface area contributed by atoms with E-state index in [1.807, 2.05) is 0 Å². The third kappa shape index (κ3) is 18.1. The van der Waals surface area contributed by atoms with Gasteiger partial charge in [0, 0.05) is 0 Å². The molecule has 0 N–H and O–H groups in total. The Kier molecular flexibility index (Phi) is 22.6. The van der Waals surface area contributed by atoms with Crippen LogP contribution in [0.5, 0.6) is 0 Å². The van der Waals surface area contributed by atoms with Gasteiger partial charge in [0.15, 0.2) is 25.0 Å². The fourth-order valence-electron chi connectivity index (χ4n) is 9.21. The molecule has 8 atom stereocenters. The summed E-state index contributed by atoms with van der Waals surface area (Å²) < 4.78 is 37.0. The maximum atomic E-state index is 7.65. The van der Waals surface area contributed by atoms with Gasteiger partial charge in [-0.05, 0) is 105 Å². The second-order valence-corrected chi connectivity index (χ2v) is 50.9. The molecule has 2 aliphatic heterocycles. The van der Waals surface area contributed by atoms with E-state index in [0.717, 1.165) is 51.4 Å². The van der Waals surface area contributed by atoms with Crippen LogP contribution in [0, 0.1) is 11.5 Å².